The second-order valence-electron chi connectivity index (χ2n) is 5.31. The van der Waals surface area contributed by atoms with Crippen LogP contribution in [0.25, 0.3) is 5.69 Å². The summed E-state index contributed by atoms with van der Waals surface area (Å²) < 4.78 is 2.10. The largest absolute Gasteiger partial charge is 0.387 e. The van der Waals surface area contributed by atoms with Gasteiger partial charge in [0.15, 0.2) is 0 Å². The molecule has 3 heterocycles. The van der Waals surface area contributed by atoms with E-state index in [-0.39, 0.29) is 5.92 Å². The molecule has 0 bridgehead atoms. The van der Waals surface area contributed by atoms with Crippen molar-refractivity contribution in [3.63, 3.8) is 0 Å². The van der Waals surface area contributed by atoms with Crippen LogP contribution in [0, 0.1) is 0 Å². The normalized spacial score (nSPS) is 17.3. The first-order valence-corrected chi connectivity index (χ1v) is 7.05. The molecule has 0 radical (unpaired) electrons. The number of aliphatic hydroxyl groups is 1. The van der Waals surface area contributed by atoms with Crippen molar-refractivity contribution in [2.45, 2.75) is 18.4 Å². The number of para-hydroxylation sites is 1. The first-order chi connectivity index (χ1) is 10.3. The predicted molar refractivity (Wildman–Crippen MR) is 79.2 cm³/mol. The minimum atomic E-state index is -0.578. The second kappa shape index (κ2) is 4.82. The Labute approximate surface area is 122 Å². The van der Waals surface area contributed by atoms with Crippen molar-refractivity contribution in [1.82, 2.24) is 14.5 Å². The van der Waals surface area contributed by atoms with E-state index < -0.39 is 6.10 Å². The third kappa shape index (κ3) is 1.96. The third-order valence-electron chi connectivity index (χ3n) is 4.08. The Morgan fingerprint density at radius 3 is 2.86 bits per heavy atom. The summed E-state index contributed by atoms with van der Waals surface area (Å²) in [5.41, 5.74) is 4.24. The van der Waals surface area contributed by atoms with Crippen LogP contribution >= 0.6 is 0 Å². The highest BCUT2D eigenvalue weighted by Gasteiger charge is 2.30. The van der Waals surface area contributed by atoms with Crippen molar-refractivity contribution in [2.24, 2.45) is 0 Å². The molecule has 21 heavy (non-hydrogen) atoms. The molecule has 0 saturated carbocycles. The van der Waals surface area contributed by atoms with Gasteiger partial charge in [-0.15, -0.1) is 0 Å². The van der Waals surface area contributed by atoms with Gasteiger partial charge in [-0.3, -0.25) is 4.98 Å². The summed E-state index contributed by atoms with van der Waals surface area (Å²) in [6, 6.07) is 13.9. The summed E-state index contributed by atoms with van der Waals surface area (Å²) in [6.07, 6.45) is 5.47. The van der Waals surface area contributed by atoms with Crippen molar-refractivity contribution in [1.29, 1.82) is 0 Å². The Hall–Kier alpha value is -2.46. The van der Waals surface area contributed by atoms with E-state index in [1.54, 1.807) is 6.20 Å². The summed E-state index contributed by atoms with van der Waals surface area (Å²) in [5.74, 6) is 0.153. The topological polar surface area (TPSA) is 50.9 Å². The molecule has 0 amide bonds. The SMILES string of the molecule is OC(CC1c2ccccc2-n2cncc21)c1ccccn1. The zero-order valence-corrected chi connectivity index (χ0v) is 11.4. The fourth-order valence-corrected chi connectivity index (χ4v) is 3.09. The summed E-state index contributed by atoms with van der Waals surface area (Å²) in [5, 5.41) is 10.5. The van der Waals surface area contributed by atoms with E-state index in [4.69, 9.17) is 0 Å². The molecule has 1 aromatic carbocycles. The highest BCUT2D eigenvalue weighted by atomic mass is 16.3. The third-order valence-corrected chi connectivity index (χ3v) is 4.08. The van der Waals surface area contributed by atoms with Gasteiger partial charge in [-0.25, -0.2) is 4.98 Å². The number of aliphatic hydroxyl groups excluding tert-OH is 1. The van der Waals surface area contributed by atoms with Gasteiger partial charge >= 0.3 is 0 Å². The van der Waals surface area contributed by atoms with E-state index in [0.29, 0.717) is 12.1 Å². The summed E-state index contributed by atoms with van der Waals surface area (Å²) in [7, 11) is 0. The molecule has 1 aliphatic rings. The molecule has 4 heteroatoms. The van der Waals surface area contributed by atoms with Crippen LogP contribution in [0.3, 0.4) is 0 Å². The molecule has 0 saturated heterocycles. The molecular weight excluding hydrogens is 262 g/mol. The van der Waals surface area contributed by atoms with Crippen molar-refractivity contribution in [3.8, 4) is 5.69 Å². The lowest BCUT2D eigenvalue weighted by Gasteiger charge is -2.16. The molecule has 2 aromatic heterocycles. The first kappa shape index (κ1) is 12.3. The van der Waals surface area contributed by atoms with E-state index in [0.717, 1.165) is 11.4 Å². The van der Waals surface area contributed by atoms with Gasteiger partial charge in [0.05, 0.1) is 29.5 Å². The molecule has 3 aromatic rings. The van der Waals surface area contributed by atoms with Crippen LogP contribution in [-0.4, -0.2) is 19.6 Å². The van der Waals surface area contributed by atoms with E-state index in [1.165, 1.54) is 5.56 Å². The highest BCUT2D eigenvalue weighted by molar-refractivity contribution is 5.53. The van der Waals surface area contributed by atoms with Gasteiger partial charge in [-0.05, 0) is 30.2 Å². The van der Waals surface area contributed by atoms with Crippen molar-refractivity contribution in [3.05, 3.63) is 78.1 Å². The molecule has 1 N–H and O–H groups in total. The molecule has 104 valence electrons. The predicted octanol–water partition coefficient (Wildman–Crippen LogP) is 2.84. The maximum absolute atomic E-state index is 10.5. The second-order valence-corrected chi connectivity index (χ2v) is 5.31. The van der Waals surface area contributed by atoms with Crippen LogP contribution in [0.5, 0.6) is 0 Å². The molecule has 2 unspecified atom stereocenters. The Morgan fingerprint density at radius 2 is 2.00 bits per heavy atom. The fraction of sp³-hybridized carbons (Fsp3) is 0.176. The molecule has 0 fully saturated rings. The highest BCUT2D eigenvalue weighted by Crippen LogP contribution is 2.41. The smallest absolute Gasteiger partial charge is 0.0994 e. The van der Waals surface area contributed by atoms with E-state index in [2.05, 4.69) is 26.7 Å². The molecule has 1 aliphatic heterocycles. The Morgan fingerprint density at radius 1 is 1.14 bits per heavy atom. The van der Waals surface area contributed by atoms with Crippen molar-refractivity contribution < 1.29 is 5.11 Å². The van der Waals surface area contributed by atoms with Gasteiger partial charge in [-0.2, -0.15) is 0 Å². The first-order valence-electron chi connectivity index (χ1n) is 7.05. The fourth-order valence-electron chi connectivity index (χ4n) is 3.09. The molecule has 2 atom stereocenters. The number of rotatable bonds is 3. The molecule has 4 nitrogen and oxygen atoms in total. The van der Waals surface area contributed by atoms with Crippen LogP contribution in [0.2, 0.25) is 0 Å². The van der Waals surface area contributed by atoms with Crippen LogP contribution in [0.1, 0.15) is 35.4 Å². The zero-order valence-electron chi connectivity index (χ0n) is 11.4. The lowest BCUT2D eigenvalue weighted by molar-refractivity contribution is 0.157. The van der Waals surface area contributed by atoms with E-state index >= 15 is 0 Å². The number of benzene rings is 1. The maximum Gasteiger partial charge on any atom is 0.0994 e. The van der Waals surface area contributed by atoms with Crippen LogP contribution in [0.15, 0.2) is 61.2 Å². The lowest BCUT2D eigenvalue weighted by atomic mass is 9.91. The number of pyridine rings is 1. The number of imidazole rings is 1. The average molecular weight is 277 g/mol. The quantitative estimate of drug-likeness (QED) is 0.801. The van der Waals surface area contributed by atoms with Crippen molar-refractivity contribution >= 4 is 0 Å². The monoisotopic (exact) mass is 277 g/mol. The molecular formula is C17H15N3O. The summed E-state index contributed by atoms with van der Waals surface area (Å²) >= 11 is 0. The minimum absolute atomic E-state index is 0.153. The Bertz CT molecular complexity index is 766. The Balaban J connectivity index is 1.70. The van der Waals surface area contributed by atoms with Crippen LogP contribution in [-0.2, 0) is 0 Å². The standard InChI is InChI=1S/C17H15N3O/c21-17(14-6-3-4-8-19-14)9-13-12-5-1-2-7-15(12)20-11-18-10-16(13)20/h1-8,10-11,13,17,21H,9H2. The van der Waals surface area contributed by atoms with E-state index in [9.17, 15) is 5.11 Å². The molecule has 4 rings (SSSR count). The van der Waals surface area contributed by atoms with Gasteiger partial charge in [0, 0.05) is 18.3 Å². The van der Waals surface area contributed by atoms with Gasteiger partial charge in [-0.1, -0.05) is 24.3 Å². The number of hydrogen-bond donors (Lipinski definition) is 1. The summed E-state index contributed by atoms with van der Waals surface area (Å²) in [4.78, 5) is 8.49. The lowest BCUT2D eigenvalue weighted by Crippen LogP contribution is -2.07. The van der Waals surface area contributed by atoms with Gasteiger partial charge in [0.25, 0.3) is 0 Å². The maximum atomic E-state index is 10.5. The number of fused-ring (bicyclic) bond motifs is 3. The molecule has 0 spiro atoms. The van der Waals surface area contributed by atoms with Crippen LogP contribution in [0.4, 0.5) is 0 Å². The van der Waals surface area contributed by atoms with Gasteiger partial charge < -0.3 is 9.67 Å². The summed E-state index contributed by atoms with van der Waals surface area (Å²) in [6.45, 7) is 0. The van der Waals surface area contributed by atoms with Crippen LogP contribution < -0.4 is 0 Å². The number of aromatic nitrogens is 3. The average Bonchev–Trinajstić information content (AvgIpc) is 3.11. The van der Waals surface area contributed by atoms with Crippen molar-refractivity contribution in [2.75, 3.05) is 0 Å². The zero-order chi connectivity index (χ0) is 14.2. The van der Waals surface area contributed by atoms with Gasteiger partial charge in [0.2, 0.25) is 0 Å². The minimum Gasteiger partial charge on any atom is -0.387 e. The van der Waals surface area contributed by atoms with E-state index in [1.807, 2.05) is 42.9 Å². The number of hydrogen-bond acceptors (Lipinski definition) is 3. The Kier molecular flexibility index (Phi) is 2.82. The molecule has 0 aliphatic carbocycles. The van der Waals surface area contributed by atoms with Gasteiger partial charge in [0.1, 0.15) is 0 Å². The number of nitrogens with zero attached hydrogens (tertiary/aromatic N) is 3.